The summed E-state index contributed by atoms with van der Waals surface area (Å²) < 4.78 is 5.26. The van der Waals surface area contributed by atoms with Gasteiger partial charge in [-0.05, 0) is 61.8 Å². The maximum absolute atomic E-state index is 12.5. The second kappa shape index (κ2) is 8.37. The molecule has 4 nitrogen and oxygen atoms in total. The van der Waals surface area contributed by atoms with Gasteiger partial charge in [0, 0.05) is 17.1 Å². The van der Waals surface area contributed by atoms with E-state index in [4.69, 9.17) is 16.3 Å². The number of amides is 1. The smallest absolute Gasteiger partial charge is 0.255 e. The highest BCUT2D eigenvalue weighted by molar-refractivity contribution is 6.31. The number of nitrogens with zero attached hydrogens (tertiary/aromatic N) is 1. The number of carbonyl (C=O) groups excluding carboxylic acids is 1. The Morgan fingerprint density at radius 3 is 2.52 bits per heavy atom. The molecule has 0 bridgehead atoms. The number of halogens is 1. The van der Waals surface area contributed by atoms with Crippen LogP contribution in [0.25, 0.3) is 0 Å². The van der Waals surface area contributed by atoms with Gasteiger partial charge in [0.25, 0.3) is 5.91 Å². The summed E-state index contributed by atoms with van der Waals surface area (Å²) in [5.74, 6) is 0.407. The first-order valence-corrected chi connectivity index (χ1v) is 9.00. The maximum atomic E-state index is 12.5. The number of hydrogen-bond acceptors (Lipinski definition) is 3. The monoisotopic (exact) mass is 358 g/mol. The van der Waals surface area contributed by atoms with E-state index >= 15 is 0 Å². The lowest BCUT2D eigenvalue weighted by Crippen LogP contribution is -2.29. The van der Waals surface area contributed by atoms with Crippen molar-refractivity contribution in [1.29, 1.82) is 0 Å². The highest BCUT2D eigenvalue weighted by Gasteiger charge is 2.12. The standard InChI is InChI=1S/C20H23ClN2O2/c1-25-19-10-9-17(21)13-18(19)22-20(24)16-7-5-15(6-8-16)14-23-11-3-2-4-12-23/h5-10,13H,2-4,11-12,14H2,1H3,(H,22,24). The van der Waals surface area contributed by atoms with E-state index in [0.717, 1.165) is 19.6 Å². The van der Waals surface area contributed by atoms with Gasteiger partial charge < -0.3 is 10.1 Å². The van der Waals surface area contributed by atoms with Crippen LogP contribution in [-0.2, 0) is 6.54 Å². The van der Waals surface area contributed by atoms with E-state index in [-0.39, 0.29) is 5.91 Å². The van der Waals surface area contributed by atoms with Crippen molar-refractivity contribution in [1.82, 2.24) is 4.90 Å². The minimum Gasteiger partial charge on any atom is -0.495 e. The molecule has 3 rings (SSSR count). The predicted molar refractivity (Wildman–Crippen MR) is 102 cm³/mol. The number of nitrogens with one attached hydrogen (secondary N) is 1. The number of benzene rings is 2. The van der Waals surface area contributed by atoms with Crippen LogP contribution in [0.3, 0.4) is 0 Å². The van der Waals surface area contributed by atoms with Crippen molar-refractivity contribution >= 4 is 23.2 Å². The molecule has 0 atom stereocenters. The first-order chi connectivity index (χ1) is 12.2. The van der Waals surface area contributed by atoms with Gasteiger partial charge in [-0.15, -0.1) is 0 Å². The number of carbonyl (C=O) groups is 1. The summed E-state index contributed by atoms with van der Waals surface area (Å²) in [5.41, 5.74) is 2.42. The highest BCUT2D eigenvalue weighted by Crippen LogP contribution is 2.28. The molecule has 25 heavy (non-hydrogen) atoms. The van der Waals surface area contributed by atoms with Crippen LogP contribution in [-0.4, -0.2) is 31.0 Å². The molecule has 5 heteroatoms. The van der Waals surface area contributed by atoms with E-state index in [1.165, 1.54) is 24.8 Å². The molecule has 1 fully saturated rings. The van der Waals surface area contributed by atoms with Crippen molar-refractivity contribution in [3.05, 3.63) is 58.6 Å². The zero-order valence-electron chi connectivity index (χ0n) is 14.4. The fourth-order valence-corrected chi connectivity index (χ4v) is 3.28. The number of rotatable bonds is 5. The largest absolute Gasteiger partial charge is 0.495 e. The summed E-state index contributed by atoms with van der Waals surface area (Å²) in [6.45, 7) is 3.28. The SMILES string of the molecule is COc1ccc(Cl)cc1NC(=O)c1ccc(CN2CCCCC2)cc1. The Balaban J connectivity index is 1.65. The second-order valence-corrected chi connectivity index (χ2v) is 6.77. The van der Waals surface area contributed by atoms with Crippen LogP contribution in [0.5, 0.6) is 5.75 Å². The molecule has 0 aliphatic carbocycles. The Hall–Kier alpha value is -2.04. The third-order valence-electron chi connectivity index (χ3n) is 4.48. The molecule has 0 spiro atoms. The zero-order chi connectivity index (χ0) is 17.6. The van der Waals surface area contributed by atoms with Crippen LogP contribution in [0.15, 0.2) is 42.5 Å². The lowest BCUT2D eigenvalue weighted by Gasteiger charge is -2.26. The van der Waals surface area contributed by atoms with Crippen molar-refractivity contribution in [2.75, 3.05) is 25.5 Å². The lowest BCUT2D eigenvalue weighted by atomic mass is 10.1. The van der Waals surface area contributed by atoms with Gasteiger partial charge >= 0.3 is 0 Å². The summed E-state index contributed by atoms with van der Waals surface area (Å²) in [6.07, 6.45) is 3.90. The number of anilines is 1. The van der Waals surface area contributed by atoms with E-state index in [0.29, 0.717) is 22.0 Å². The highest BCUT2D eigenvalue weighted by atomic mass is 35.5. The van der Waals surface area contributed by atoms with Gasteiger partial charge in [0.2, 0.25) is 0 Å². The Morgan fingerprint density at radius 2 is 1.84 bits per heavy atom. The van der Waals surface area contributed by atoms with Crippen LogP contribution < -0.4 is 10.1 Å². The Labute approximate surface area is 153 Å². The normalized spacial score (nSPS) is 15.0. The van der Waals surface area contributed by atoms with Crippen molar-refractivity contribution in [2.45, 2.75) is 25.8 Å². The van der Waals surface area contributed by atoms with Crippen molar-refractivity contribution in [2.24, 2.45) is 0 Å². The summed E-state index contributed by atoms with van der Waals surface area (Å²) in [7, 11) is 1.56. The topological polar surface area (TPSA) is 41.6 Å². The molecule has 1 N–H and O–H groups in total. The Kier molecular flexibility index (Phi) is 5.95. The van der Waals surface area contributed by atoms with Gasteiger partial charge in [-0.1, -0.05) is 30.2 Å². The maximum Gasteiger partial charge on any atom is 0.255 e. The molecule has 0 saturated carbocycles. The Bertz CT molecular complexity index is 725. The van der Waals surface area contributed by atoms with Gasteiger partial charge in [0.1, 0.15) is 5.75 Å². The van der Waals surface area contributed by atoms with E-state index < -0.39 is 0 Å². The van der Waals surface area contributed by atoms with E-state index in [1.54, 1.807) is 25.3 Å². The first kappa shape index (κ1) is 17.8. The molecule has 2 aromatic rings. The molecular weight excluding hydrogens is 336 g/mol. The van der Waals surface area contributed by atoms with Crippen molar-refractivity contribution in [3.8, 4) is 5.75 Å². The summed E-state index contributed by atoms with van der Waals surface area (Å²) >= 11 is 6.01. The van der Waals surface area contributed by atoms with Gasteiger partial charge in [0.15, 0.2) is 0 Å². The minimum absolute atomic E-state index is 0.176. The summed E-state index contributed by atoms with van der Waals surface area (Å²) in [5, 5.41) is 3.41. The van der Waals surface area contributed by atoms with Crippen molar-refractivity contribution in [3.63, 3.8) is 0 Å². The average Bonchev–Trinajstić information content (AvgIpc) is 2.63. The lowest BCUT2D eigenvalue weighted by molar-refractivity contribution is 0.102. The van der Waals surface area contributed by atoms with Gasteiger partial charge in [0.05, 0.1) is 12.8 Å². The van der Waals surface area contributed by atoms with Gasteiger partial charge in [-0.3, -0.25) is 9.69 Å². The molecule has 1 amide bonds. The number of piperidine rings is 1. The number of hydrogen-bond donors (Lipinski definition) is 1. The molecule has 1 saturated heterocycles. The summed E-state index contributed by atoms with van der Waals surface area (Å²) in [6, 6.07) is 12.9. The molecule has 0 aromatic heterocycles. The molecule has 1 aliphatic heterocycles. The van der Waals surface area contributed by atoms with Crippen LogP contribution in [0.4, 0.5) is 5.69 Å². The molecule has 2 aromatic carbocycles. The molecule has 0 radical (unpaired) electrons. The second-order valence-electron chi connectivity index (χ2n) is 6.33. The molecule has 1 heterocycles. The van der Waals surface area contributed by atoms with Crippen LogP contribution >= 0.6 is 11.6 Å². The number of likely N-dealkylation sites (tertiary alicyclic amines) is 1. The molecule has 132 valence electrons. The molecular formula is C20H23ClN2O2. The fraction of sp³-hybridized carbons (Fsp3) is 0.350. The zero-order valence-corrected chi connectivity index (χ0v) is 15.2. The van der Waals surface area contributed by atoms with E-state index in [2.05, 4.69) is 10.2 Å². The Morgan fingerprint density at radius 1 is 1.12 bits per heavy atom. The first-order valence-electron chi connectivity index (χ1n) is 8.62. The van der Waals surface area contributed by atoms with Gasteiger partial charge in [-0.25, -0.2) is 0 Å². The quantitative estimate of drug-likeness (QED) is 0.850. The fourth-order valence-electron chi connectivity index (χ4n) is 3.11. The predicted octanol–water partition coefficient (Wildman–Crippen LogP) is 4.59. The third kappa shape index (κ3) is 4.74. The van der Waals surface area contributed by atoms with Crippen molar-refractivity contribution < 1.29 is 9.53 Å². The van der Waals surface area contributed by atoms with Crippen LogP contribution in [0.2, 0.25) is 5.02 Å². The molecule has 1 aliphatic rings. The third-order valence-corrected chi connectivity index (χ3v) is 4.72. The van der Waals surface area contributed by atoms with Gasteiger partial charge in [-0.2, -0.15) is 0 Å². The molecule has 0 unspecified atom stereocenters. The van der Waals surface area contributed by atoms with Crippen LogP contribution in [0.1, 0.15) is 35.2 Å². The van der Waals surface area contributed by atoms with E-state index in [9.17, 15) is 4.79 Å². The van der Waals surface area contributed by atoms with Crippen LogP contribution in [0, 0.1) is 0 Å². The van der Waals surface area contributed by atoms with E-state index in [1.807, 2.05) is 24.3 Å². The minimum atomic E-state index is -0.176. The number of ether oxygens (including phenoxy) is 1. The number of methoxy groups -OCH3 is 1. The summed E-state index contributed by atoms with van der Waals surface area (Å²) in [4.78, 5) is 14.9. The average molecular weight is 359 g/mol.